The zero-order chi connectivity index (χ0) is 13.5. The highest BCUT2D eigenvalue weighted by atomic mass is 16.4. The van der Waals surface area contributed by atoms with Crippen LogP contribution in [0.1, 0.15) is 19.8 Å². The first-order chi connectivity index (χ1) is 8.96. The van der Waals surface area contributed by atoms with Gasteiger partial charge in [0.05, 0.1) is 11.3 Å². The van der Waals surface area contributed by atoms with Crippen LogP contribution < -0.4 is 0 Å². The Morgan fingerprint density at radius 2 is 1.74 bits per heavy atom. The second-order valence-corrected chi connectivity index (χ2v) is 7.01. The molecule has 4 aliphatic rings. The highest BCUT2D eigenvalue weighted by Gasteiger charge is 2.72. The number of hydrogen-bond donors (Lipinski definition) is 2. The average molecular weight is 262 g/mol. The molecule has 0 radical (unpaired) electrons. The summed E-state index contributed by atoms with van der Waals surface area (Å²) in [6.45, 7) is 1.67. The van der Waals surface area contributed by atoms with Crippen LogP contribution in [0, 0.1) is 46.8 Å². The number of carboxylic acid groups (broad SMARTS) is 2. The van der Waals surface area contributed by atoms with Gasteiger partial charge in [0.1, 0.15) is 0 Å². The Kier molecular flexibility index (Phi) is 1.95. The van der Waals surface area contributed by atoms with Crippen molar-refractivity contribution >= 4 is 11.9 Å². The predicted octanol–water partition coefficient (Wildman–Crippen LogP) is 1.87. The normalized spacial score (nSPS) is 56.6. The molecule has 8 unspecified atom stereocenters. The van der Waals surface area contributed by atoms with E-state index in [-0.39, 0.29) is 11.8 Å². The SMILES string of the molecule is CC1(C(=O)O)C2CC(C3C4C=CC(C4)C32)C1C(=O)O. The summed E-state index contributed by atoms with van der Waals surface area (Å²) < 4.78 is 0. The van der Waals surface area contributed by atoms with E-state index >= 15 is 0 Å². The van der Waals surface area contributed by atoms with Crippen molar-refractivity contribution in [3.8, 4) is 0 Å². The third kappa shape index (κ3) is 1.08. The minimum Gasteiger partial charge on any atom is -0.481 e. The Labute approximate surface area is 111 Å². The van der Waals surface area contributed by atoms with Crippen LogP contribution in [-0.2, 0) is 9.59 Å². The second kappa shape index (κ2) is 3.22. The van der Waals surface area contributed by atoms with Crippen LogP contribution in [0.5, 0.6) is 0 Å². The van der Waals surface area contributed by atoms with Crippen LogP contribution in [0.2, 0.25) is 0 Å². The summed E-state index contributed by atoms with van der Waals surface area (Å²) in [6.07, 6.45) is 6.39. The van der Waals surface area contributed by atoms with Gasteiger partial charge in [-0.1, -0.05) is 12.2 Å². The molecule has 4 rings (SSSR count). The van der Waals surface area contributed by atoms with E-state index in [1.807, 2.05) is 0 Å². The second-order valence-electron chi connectivity index (χ2n) is 7.01. The molecule has 3 fully saturated rings. The van der Waals surface area contributed by atoms with Gasteiger partial charge in [-0.3, -0.25) is 9.59 Å². The van der Waals surface area contributed by atoms with Crippen LogP contribution in [-0.4, -0.2) is 22.2 Å². The van der Waals surface area contributed by atoms with E-state index in [4.69, 9.17) is 0 Å². The van der Waals surface area contributed by atoms with Gasteiger partial charge in [-0.05, 0) is 55.3 Å². The van der Waals surface area contributed by atoms with Crippen molar-refractivity contribution in [1.29, 1.82) is 0 Å². The van der Waals surface area contributed by atoms with Gasteiger partial charge in [-0.15, -0.1) is 0 Å². The van der Waals surface area contributed by atoms with Crippen LogP contribution >= 0.6 is 0 Å². The standard InChI is InChI=1S/C15H18O4/c1-15(14(18)19)9-5-8(12(15)13(16)17)10-6-2-3-7(4-6)11(9)10/h2-3,6-12H,4-5H2,1H3,(H,16,17)(H,18,19). The first kappa shape index (κ1) is 11.5. The number of allylic oxidation sites excluding steroid dienone is 2. The van der Waals surface area contributed by atoms with E-state index in [9.17, 15) is 19.8 Å². The third-order valence-electron chi connectivity index (χ3n) is 6.64. The molecular formula is C15H18O4. The van der Waals surface area contributed by atoms with Crippen molar-refractivity contribution in [1.82, 2.24) is 0 Å². The molecule has 0 aliphatic heterocycles. The molecule has 0 heterocycles. The highest BCUT2D eigenvalue weighted by molar-refractivity contribution is 5.85. The average Bonchev–Trinajstić information content (AvgIpc) is 3.04. The van der Waals surface area contributed by atoms with Crippen LogP contribution in [0.25, 0.3) is 0 Å². The van der Waals surface area contributed by atoms with Crippen molar-refractivity contribution in [2.45, 2.75) is 19.8 Å². The molecule has 3 saturated carbocycles. The molecule has 0 aromatic heterocycles. The largest absolute Gasteiger partial charge is 0.481 e. The Bertz CT molecular complexity index is 510. The smallest absolute Gasteiger partial charge is 0.310 e. The van der Waals surface area contributed by atoms with Crippen molar-refractivity contribution in [3.63, 3.8) is 0 Å². The summed E-state index contributed by atoms with van der Waals surface area (Å²) in [5, 5.41) is 19.2. The maximum Gasteiger partial charge on any atom is 0.310 e. The Morgan fingerprint density at radius 1 is 1.11 bits per heavy atom. The van der Waals surface area contributed by atoms with Gasteiger partial charge in [-0.2, -0.15) is 0 Å². The summed E-state index contributed by atoms with van der Waals surface area (Å²) >= 11 is 0. The van der Waals surface area contributed by atoms with Gasteiger partial charge < -0.3 is 10.2 Å². The van der Waals surface area contributed by atoms with Gasteiger partial charge >= 0.3 is 11.9 Å². The lowest BCUT2D eigenvalue weighted by Gasteiger charge is -2.44. The van der Waals surface area contributed by atoms with Gasteiger partial charge in [0.2, 0.25) is 0 Å². The van der Waals surface area contributed by atoms with E-state index in [1.54, 1.807) is 6.92 Å². The number of carbonyl (C=O) groups is 2. The number of hydrogen-bond acceptors (Lipinski definition) is 2. The maximum atomic E-state index is 11.7. The number of rotatable bonds is 2. The van der Waals surface area contributed by atoms with Gasteiger partial charge in [-0.25, -0.2) is 0 Å². The summed E-state index contributed by atoms with van der Waals surface area (Å²) in [4.78, 5) is 23.4. The van der Waals surface area contributed by atoms with E-state index < -0.39 is 23.3 Å². The minimum atomic E-state index is -1.07. The molecule has 4 heteroatoms. The van der Waals surface area contributed by atoms with Crippen LogP contribution in [0.15, 0.2) is 12.2 Å². The molecule has 0 spiro atoms. The lowest BCUT2D eigenvalue weighted by molar-refractivity contribution is -0.169. The zero-order valence-electron chi connectivity index (χ0n) is 10.8. The Balaban J connectivity index is 1.82. The van der Waals surface area contributed by atoms with Crippen LogP contribution in [0.4, 0.5) is 0 Å². The Morgan fingerprint density at radius 3 is 2.32 bits per heavy atom. The first-order valence-electron chi connectivity index (χ1n) is 7.10. The molecule has 0 saturated heterocycles. The molecule has 0 amide bonds. The molecule has 8 atom stereocenters. The van der Waals surface area contributed by atoms with Crippen molar-refractivity contribution in [2.24, 2.45) is 46.8 Å². The molecule has 4 nitrogen and oxygen atoms in total. The van der Waals surface area contributed by atoms with E-state index in [0.717, 1.165) is 12.8 Å². The fourth-order valence-electron chi connectivity index (χ4n) is 6.09. The van der Waals surface area contributed by atoms with E-state index in [2.05, 4.69) is 12.2 Å². The molecule has 19 heavy (non-hydrogen) atoms. The summed E-state index contributed by atoms with van der Waals surface area (Å²) in [6, 6.07) is 0. The van der Waals surface area contributed by atoms with Crippen molar-refractivity contribution in [3.05, 3.63) is 12.2 Å². The minimum absolute atomic E-state index is 0.0426. The quantitative estimate of drug-likeness (QED) is 0.588. The maximum absolute atomic E-state index is 11.7. The molecular weight excluding hydrogens is 244 g/mol. The summed E-state index contributed by atoms with van der Waals surface area (Å²) in [5.41, 5.74) is -1.07. The molecule has 4 aliphatic carbocycles. The fourth-order valence-corrected chi connectivity index (χ4v) is 6.09. The molecule has 0 aromatic carbocycles. The number of aliphatic carboxylic acids is 2. The zero-order valence-corrected chi connectivity index (χ0v) is 10.8. The van der Waals surface area contributed by atoms with Gasteiger partial charge in [0.15, 0.2) is 0 Å². The van der Waals surface area contributed by atoms with E-state index in [1.165, 1.54) is 0 Å². The molecule has 2 N–H and O–H groups in total. The number of carboxylic acids is 2. The lowest BCUT2D eigenvalue weighted by Crippen LogP contribution is -2.51. The fraction of sp³-hybridized carbons (Fsp3) is 0.733. The van der Waals surface area contributed by atoms with Crippen molar-refractivity contribution < 1.29 is 19.8 Å². The molecule has 102 valence electrons. The molecule has 4 bridgehead atoms. The summed E-state index contributed by atoms with van der Waals surface area (Å²) in [5.74, 6) is -0.590. The van der Waals surface area contributed by atoms with Crippen LogP contribution in [0.3, 0.4) is 0 Å². The first-order valence-corrected chi connectivity index (χ1v) is 7.10. The summed E-state index contributed by atoms with van der Waals surface area (Å²) in [7, 11) is 0. The predicted molar refractivity (Wildman–Crippen MR) is 66.2 cm³/mol. The topological polar surface area (TPSA) is 74.6 Å². The van der Waals surface area contributed by atoms with E-state index in [0.29, 0.717) is 23.7 Å². The van der Waals surface area contributed by atoms with Gasteiger partial charge in [0.25, 0.3) is 0 Å². The van der Waals surface area contributed by atoms with Crippen molar-refractivity contribution in [2.75, 3.05) is 0 Å². The number of fused-ring (bicyclic) bond motifs is 9. The molecule has 0 aromatic rings. The highest BCUT2D eigenvalue weighted by Crippen LogP contribution is 2.72. The Hall–Kier alpha value is -1.32. The lowest BCUT2D eigenvalue weighted by atomic mass is 9.58. The monoisotopic (exact) mass is 262 g/mol. The third-order valence-corrected chi connectivity index (χ3v) is 6.64. The van der Waals surface area contributed by atoms with Gasteiger partial charge in [0, 0.05) is 0 Å².